The molecule has 0 unspecified atom stereocenters. The van der Waals surface area contributed by atoms with Gasteiger partial charge in [0.2, 0.25) is 11.8 Å². The van der Waals surface area contributed by atoms with E-state index in [0.717, 1.165) is 11.3 Å². The Morgan fingerprint density at radius 1 is 1.23 bits per heavy atom. The number of piperidine rings is 1. The van der Waals surface area contributed by atoms with E-state index in [2.05, 4.69) is 0 Å². The number of rotatable bonds is 9. The molecule has 1 saturated heterocycles. The van der Waals surface area contributed by atoms with Gasteiger partial charge in [-0.25, -0.2) is 0 Å². The molecule has 0 aromatic heterocycles. The zero-order valence-electron chi connectivity index (χ0n) is 18.0. The van der Waals surface area contributed by atoms with Crippen molar-refractivity contribution >= 4 is 29.4 Å². The molecule has 2 amide bonds. The Bertz CT molecular complexity index is 747. The summed E-state index contributed by atoms with van der Waals surface area (Å²) in [5.74, 6) is 0.200. The molecule has 1 aliphatic heterocycles. The molecular weight excluding hydrogens is 408 g/mol. The lowest BCUT2D eigenvalue weighted by molar-refractivity contribution is -0.151. The van der Waals surface area contributed by atoms with Crippen LogP contribution in [0.4, 0.5) is 0 Å². The average molecular weight is 439 g/mol. The van der Waals surface area contributed by atoms with E-state index in [1.807, 2.05) is 13.0 Å². The quantitative estimate of drug-likeness (QED) is 0.437. The Kier molecular flexibility index (Phi) is 9.43. The summed E-state index contributed by atoms with van der Waals surface area (Å²) < 4.78 is 10.7. The van der Waals surface area contributed by atoms with Crippen LogP contribution in [-0.4, -0.2) is 67.5 Å². The maximum absolute atomic E-state index is 12.5. The monoisotopic (exact) mass is 438 g/mol. The molecule has 30 heavy (non-hydrogen) atoms. The summed E-state index contributed by atoms with van der Waals surface area (Å²) in [6, 6.07) is 5.44. The summed E-state index contributed by atoms with van der Waals surface area (Å²) in [4.78, 5) is 39.7. The van der Waals surface area contributed by atoms with E-state index >= 15 is 0 Å². The van der Waals surface area contributed by atoms with Crippen LogP contribution in [0.1, 0.15) is 38.2 Å². The number of aryl methyl sites for hydroxylation is 1. The smallest absolute Gasteiger partial charge is 0.309 e. The van der Waals surface area contributed by atoms with Crippen LogP contribution in [0.25, 0.3) is 0 Å². The van der Waals surface area contributed by atoms with Gasteiger partial charge in [-0.05, 0) is 56.9 Å². The van der Waals surface area contributed by atoms with Crippen LogP contribution in [-0.2, 0) is 19.1 Å². The SMILES string of the molecule is CCOC(=O)C1CCN(C(=O)CN(C)C(=O)CCCOc2ccc(Cl)c(C)c2)CC1. The van der Waals surface area contributed by atoms with Crippen molar-refractivity contribution in [2.45, 2.75) is 39.5 Å². The molecular formula is C22H31ClN2O5. The van der Waals surface area contributed by atoms with Crippen LogP contribution in [0.5, 0.6) is 5.75 Å². The first-order valence-corrected chi connectivity index (χ1v) is 10.8. The molecule has 1 aromatic carbocycles. The number of likely N-dealkylation sites (tertiary alicyclic amines) is 1. The molecule has 0 radical (unpaired) electrons. The summed E-state index contributed by atoms with van der Waals surface area (Å²) >= 11 is 5.99. The van der Waals surface area contributed by atoms with Crippen molar-refractivity contribution in [3.05, 3.63) is 28.8 Å². The van der Waals surface area contributed by atoms with E-state index in [1.54, 1.807) is 31.0 Å². The van der Waals surface area contributed by atoms with Crippen LogP contribution < -0.4 is 4.74 Å². The first-order chi connectivity index (χ1) is 14.3. The van der Waals surface area contributed by atoms with Crippen LogP contribution >= 0.6 is 11.6 Å². The third-order valence-corrected chi connectivity index (χ3v) is 5.62. The molecule has 1 aromatic rings. The third kappa shape index (κ3) is 7.20. The highest BCUT2D eigenvalue weighted by Crippen LogP contribution is 2.21. The zero-order valence-corrected chi connectivity index (χ0v) is 18.7. The van der Waals surface area contributed by atoms with Gasteiger partial charge in [0, 0.05) is 31.6 Å². The predicted molar refractivity (Wildman–Crippen MR) is 114 cm³/mol. The molecule has 8 heteroatoms. The lowest BCUT2D eigenvalue weighted by atomic mass is 9.97. The number of hydrogen-bond acceptors (Lipinski definition) is 5. The number of amides is 2. The van der Waals surface area contributed by atoms with Gasteiger partial charge in [0.05, 0.1) is 25.7 Å². The topological polar surface area (TPSA) is 76.2 Å². The maximum Gasteiger partial charge on any atom is 0.309 e. The van der Waals surface area contributed by atoms with Crippen molar-refractivity contribution in [2.24, 2.45) is 5.92 Å². The molecule has 0 N–H and O–H groups in total. The number of likely N-dealkylation sites (N-methyl/N-ethyl adjacent to an activating group) is 1. The van der Waals surface area contributed by atoms with Crippen LogP contribution in [0, 0.1) is 12.8 Å². The van der Waals surface area contributed by atoms with E-state index in [0.29, 0.717) is 57.0 Å². The van der Waals surface area contributed by atoms with E-state index in [1.165, 1.54) is 4.90 Å². The Hall–Kier alpha value is -2.28. The predicted octanol–water partition coefficient (Wildman–Crippen LogP) is 3.07. The number of ether oxygens (including phenoxy) is 2. The van der Waals surface area contributed by atoms with Gasteiger partial charge in [-0.15, -0.1) is 0 Å². The molecule has 2 rings (SSSR count). The molecule has 0 saturated carbocycles. The lowest BCUT2D eigenvalue weighted by Gasteiger charge is -2.32. The van der Waals surface area contributed by atoms with Crippen molar-refractivity contribution in [2.75, 3.05) is 39.9 Å². The fourth-order valence-electron chi connectivity index (χ4n) is 3.33. The molecule has 0 bridgehead atoms. The molecule has 0 spiro atoms. The molecule has 0 aliphatic carbocycles. The lowest BCUT2D eigenvalue weighted by Crippen LogP contribution is -2.45. The van der Waals surface area contributed by atoms with Crippen molar-refractivity contribution in [3.8, 4) is 5.75 Å². The molecule has 7 nitrogen and oxygen atoms in total. The van der Waals surface area contributed by atoms with Crippen molar-refractivity contribution in [1.82, 2.24) is 9.80 Å². The van der Waals surface area contributed by atoms with Crippen LogP contribution in [0.15, 0.2) is 18.2 Å². The minimum Gasteiger partial charge on any atom is -0.494 e. The summed E-state index contributed by atoms with van der Waals surface area (Å²) in [7, 11) is 1.63. The first-order valence-electron chi connectivity index (χ1n) is 10.4. The summed E-state index contributed by atoms with van der Waals surface area (Å²) in [5, 5.41) is 0.689. The molecule has 166 valence electrons. The van der Waals surface area contributed by atoms with Crippen molar-refractivity contribution in [3.63, 3.8) is 0 Å². The second-order valence-electron chi connectivity index (χ2n) is 7.52. The fourth-order valence-corrected chi connectivity index (χ4v) is 3.44. The second kappa shape index (κ2) is 11.8. The van der Waals surface area contributed by atoms with Crippen LogP contribution in [0.3, 0.4) is 0 Å². The molecule has 1 aliphatic rings. The molecule has 1 fully saturated rings. The number of nitrogens with zero attached hydrogens (tertiary/aromatic N) is 2. The number of hydrogen-bond donors (Lipinski definition) is 0. The van der Waals surface area contributed by atoms with Gasteiger partial charge < -0.3 is 19.3 Å². The fraction of sp³-hybridized carbons (Fsp3) is 0.591. The number of carbonyl (C=O) groups excluding carboxylic acids is 3. The van der Waals surface area contributed by atoms with Gasteiger partial charge in [0.1, 0.15) is 5.75 Å². The maximum atomic E-state index is 12.5. The number of halogens is 1. The summed E-state index contributed by atoms with van der Waals surface area (Å²) in [5.41, 5.74) is 0.940. The van der Waals surface area contributed by atoms with Gasteiger partial charge >= 0.3 is 5.97 Å². The first kappa shape index (κ1) is 24.0. The number of carbonyl (C=O) groups is 3. The minimum atomic E-state index is -0.187. The van der Waals surface area contributed by atoms with Gasteiger partial charge in [-0.3, -0.25) is 14.4 Å². The van der Waals surface area contributed by atoms with Gasteiger partial charge in [-0.1, -0.05) is 11.6 Å². The third-order valence-electron chi connectivity index (χ3n) is 5.20. The van der Waals surface area contributed by atoms with Crippen molar-refractivity contribution in [1.29, 1.82) is 0 Å². The standard InChI is InChI=1S/C22H31ClN2O5/c1-4-29-22(28)17-9-11-25(12-10-17)21(27)15-24(3)20(26)6-5-13-30-18-7-8-19(23)16(2)14-18/h7-8,14,17H,4-6,9-13,15H2,1-3H3. The van der Waals surface area contributed by atoms with E-state index in [-0.39, 0.29) is 30.2 Å². The Morgan fingerprint density at radius 3 is 2.57 bits per heavy atom. The number of esters is 1. The normalized spacial score (nSPS) is 14.3. The van der Waals surface area contributed by atoms with E-state index in [4.69, 9.17) is 21.1 Å². The van der Waals surface area contributed by atoms with Crippen molar-refractivity contribution < 1.29 is 23.9 Å². The van der Waals surface area contributed by atoms with Gasteiger partial charge in [0.25, 0.3) is 0 Å². The highest BCUT2D eigenvalue weighted by molar-refractivity contribution is 6.31. The largest absolute Gasteiger partial charge is 0.494 e. The minimum absolute atomic E-state index is 0.0418. The number of benzene rings is 1. The van der Waals surface area contributed by atoms with Gasteiger partial charge in [0.15, 0.2) is 0 Å². The Labute approximate surface area is 183 Å². The van der Waals surface area contributed by atoms with E-state index in [9.17, 15) is 14.4 Å². The second-order valence-corrected chi connectivity index (χ2v) is 7.93. The average Bonchev–Trinajstić information content (AvgIpc) is 2.73. The molecule has 0 atom stereocenters. The zero-order chi connectivity index (χ0) is 22.1. The Balaban J connectivity index is 1.66. The Morgan fingerprint density at radius 2 is 1.93 bits per heavy atom. The van der Waals surface area contributed by atoms with Crippen LogP contribution in [0.2, 0.25) is 5.02 Å². The summed E-state index contributed by atoms with van der Waals surface area (Å²) in [6.07, 6.45) is 2.07. The van der Waals surface area contributed by atoms with E-state index < -0.39 is 0 Å². The highest BCUT2D eigenvalue weighted by Gasteiger charge is 2.28. The highest BCUT2D eigenvalue weighted by atomic mass is 35.5. The summed E-state index contributed by atoms with van der Waals surface area (Å²) in [6.45, 7) is 5.54. The van der Waals surface area contributed by atoms with Gasteiger partial charge in [-0.2, -0.15) is 0 Å². The molecule has 1 heterocycles.